The van der Waals surface area contributed by atoms with Gasteiger partial charge in [0.15, 0.2) is 5.65 Å². The van der Waals surface area contributed by atoms with E-state index < -0.39 is 0 Å². The molecule has 28 heavy (non-hydrogen) atoms. The number of halogens is 1. The zero-order valence-electron chi connectivity index (χ0n) is 16.3. The Labute approximate surface area is 161 Å². The first-order chi connectivity index (χ1) is 13.3. The van der Waals surface area contributed by atoms with Gasteiger partial charge in [0.1, 0.15) is 11.6 Å². The molecule has 3 heterocycles. The van der Waals surface area contributed by atoms with Crippen molar-refractivity contribution in [3.8, 4) is 11.3 Å². The lowest BCUT2D eigenvalue weighted by Gasteiger charge is -2.16. The van der Waals surface area contributed by atoms with Gasteiger partial charge in [0.2, 0.25) is 0 Å². The van der Waals surface area contributed by atoms with E-state index >= 15 is 4.39 Å². The number of nitrogens with two attached hydrogens (primary N) is 1. The van der Waals surface area contributed by atoms with E-state index in [4.69, 9.17) is 5.73 Å². The number of aromatic amines is 1. The molecule has 0 aliphatic rings. The second kappa shape index (κ2) is 6.30. The van der Waals surface area contributed by atoms with Gasteiger partial charge in [0.25, 0.3) is 0 Å². The van der Waals surface area contributed by atoms with Crippen molar-refractivity contribution in [2.45, 2.75) is 27.7 Å². The summed E-state index contributed by atoms with van der Waals surface area (Å²) in [6.45, 7) is 11.8. The first-order valence-corrected chi connectivity index (χ1v) is 8.89. The maximum atomic E-state index is 15.5. The lowest BCUT2D eigenvalue weighted by Crippen LogP contribution is -2.01. The number of nitrogen functional groups attached to an aromatic ring is 1. The number of imidazole rings is 1. The Morgan fingerprint density at radius 2 is 1.96 bits per heavy atom. The van der Waals surface area contributed by atoms with Crippen LogP contribution >= 0.6 is 0 Å². The summed E-state index contributed by atoms with van der Waals surface area (Å²) in [4.78, 5) is 8.66. The average molecular weight is 376 g/mol. The van der Waals surface area contributed by atoms with E-state index in [2.05, 4.69) is 26.7 Å². The lowest BCUT2D eigenvalue weighted by atomic mass is 9.90. The molecule has 0 saturated heterocycles. The van der Waals surface area contributed by atoms with Crippen LogP contribution in [0.3, 0.4) is 0 Å². The van der Waals surface area contributed by atoms with Gasteiger partial charge in [-0.3, -0.25) is 10.1 Å². The Morgan fingerprint density at radius 3 is 2.68 bits per heavy atom. The van der Waals surface area contributed by atoms with Crippen LogP contribution in [0.2, 0.25) is 0 Å². The van der Waals surface area contributed by atoms with Gasteiger partial charge in [-0.05, 0) is 44.4 Å². The Balaban J connectivity index is 2.02. The van der Waals surface area contributed by atoms with E-state index in [0.29, 0.717) is 44.9 Å². The number of fused-ring (bicyclic) bond motifs is 2. The quantitative estimate of drug-likeness (QED) is 0.509. The number of anilines is 1. The van der Waals surface area contributed by atoms with Crippen LogP contribution in [0.1, 0.15) is 31.9 Å². The first-order valence-electron chi connectivity index (χ1n) is 8.89. The van der Waals surface area contributed by atoms with Crippen LogP contribution < -0.4 is 5.73 Å². The smallest absolute Gasteiger partial charge is 0.157 e. The number of benzene rings is 1. The molecule has 0 unspecified atom stereocenters. The highest BCUT2D eigenvalue weighted by atomic mass is 19.1. The second-order valence-electron chi connectivity index (χ2n) is 7.15. The van der Waals surface area contributed by atoms with Gasteiger partial charge in [-0.25, -0.2) is 9.37 Å². The molecule has 0 spiro atoms. The third-order valence-electron chi connectivity index (χ3n) is 5.20. The number of H-pyrrole nitrogens is 1. The van der Waals surface area contributed by atoms with Gasteiger partial charge in [-0.2, -0.15) is 5.10 Å². The Bertz CT molecular complexity index is 1290. The summed E-state index contributed by atoms with van der Waals surface area (Å²) in [6, 6.07) is 0. The molecule has 3 aromatic heterocycles. The molecule has 4 rings (SSSR count). The number of rotatable bonds is 3. The van der Waals surface area contributed by atoms with Crippen molar-refractivity contribution in [2.24, 2.45) is 0 Å². The van der Waals surface area contributed by atoms with E-state index in [9.17, 15) is 0 Å². The number of hydrogen-bond donors (Lipinski definition) is 2. The maximum absolute atomic E-state index is 15.5. The highest BCUT2D eigenvalue weighted by Crippen LogP contribution is 2.39. The van der Waals surface area contributed by atoms with Crippen molar-refractivity contribution in [2.75, 3.05) is 5.73 Å². The molecular formula is C21H21FN6. The van der Waals surface area contributed by atoms with E-state index in [-0.39, 0.29) is 5.82 Å². The number of nitrogens with zero attached hydrogens (tertiary/aromatic N) is 4. The van der Waals surface area contributed by atoms with Gasteiger partial charge < -0.3 is 10.1 Å². The number of allylic oxidation sites excluding steroid dienone is 3. The molecule has 0 atom stereocenters. The summed E-state index contributed by atoms with van der Waals surface area (Å²) < 4.78 is 17.3. The highest BCUT2D eigenvalue weighted by molar-refractivity contribution is 6.03. The minimum absolute atomic E-state index is 0.329. The van der Waals surface area contributed by atoms with Crippen LogP contribution in [0.25, 0.3) is 33.4 Å². The molecule has 0 amide bonds. The molecule has 3 N–H and O–H groups in total. The van der Waals surface area contributed by atoms with E-state index in [1.54, 1.807) is 36.1 Å². The zero-order valence-corrected chi connectivity index (χ0v) is 16.3. The second-order valence-corrected chi connectivity index (χ2v) is 7.15. The summed E-state index contributed by atoms with van der Waals surface area (Å²) >= 11 is 0. The molecule has 1 aromatic carbocycles. The van der Waals surface area contributed by atoms with Crippen molar-refractivity contribution in [1.29, 1.82) is 0 Å². The Hall–Kier alpha value is -3.48. The number of hydrogen-bond acceptors (Lipinski definition) is 4. The third kappa shape index (κ3) is 2.58. The fourth-order valence-corrected chi connectivity index (χ4v) is 3.43. The van der Waals surface area contributed by atoms with Crippen LogP contribution in [-0.4, -0.2) is 24.6 Å². The molecule has 142 valence electrons. The Morgan fingerprint density at radius 1 is 1.21 bits per heavy atom. The van der Waals surface area contributed by atoms with Crippen molar-refractivity contribution in [3.05, 3.63) is 59.5 Å². The molecule has 0 radical (unpaired) electrons. The molecule has 0 fully saturated rings. The average Bonchev–Trinajstić information content (AvgIpc) is 3.26. The molecule has 0 bridgehead atoms. The maximum Gasteiger partial charge on any atom is 0.157 e. The number of aromatic nitrogens is 5. The fourth-order valence-electron chi connectivity index (χ4n) is 3.43. The minimum Gasteiger partial charge on any atom is -0.382 e. The van der Waals surface area contributed by atoms with E-state index in [1.807, 2.05) is 20.8 Å². The van der Waals surface area contributed by atoms with Crippen LogP contribution in [0, 0.1) is 12.7 Å². The van der Waals surface area contributed by atoms with Gasteiger partial charge in [0.05, 0.1) is 29.8 Å². The van der Waals surface area contributed by atoms with Crippen LogP contribution in [-0.2, 0) is 0 Å². The lowest BCUT2D eigenvalue weighted by molar-refractivity contribution is 0.617. The van der Waals surface area contributed by atoms with E-state index in [1.165, 1.54) is 0 Å². The van der Waals surface area contributed by atoms with E-state index in [0.717, 1.165) is 16.5 Å². The Kier molecular flexibility index (Phi) is 4.03. The molecule has 0 aliphatic heterocycles. The van der Waals surface area contributed by atoms with Gasteiger partial charge in [-0.1, -0.05) is 12.2 Å². The summed E-state index contributed by atoms with van der Waals surface area (Å²) in [5.74, 6) is 0.0727. The van der Waals surface area contributed by atoms with Crippen molar-refractivity contribution in [3.63, 3.8) is 0 Å². The largest absolute Gasteiger partial charge is 0.382 e. The monoisotopic (exact) mass is 376 g/mol. The SMILES string of the molecule is C=C(C(C)=C(C)C)c1c(F)c(C)c(-c2cn3cc(N)nc3cn2)c2cn[nH]c12. The molecule has 4 aromatic rings. The van der Waals surface area contributed by atoms with Crippen LogP contribution in [0.15, 0.2) is 42.5 Å². The molecular weight excluding hydrogens is 355 g/mol. The summed E-state index contributed by atoms with van der Waals surface area (Å²) in [5.41, 5.74) is 11.9. The first kappa shape index (κ1) is 17.9. The third-order valence-corrected chi connectivity index (χ3v) is 5.20. The van der Waals surface area contributed by atoms with Crippen molar-refractivity contribution < 1.29 is 4.39 Å². The molecule has 0 saturated carbocycles. The fraction of sp³-hybridized carbons (Fsp3) is 0.190. The zero-order chi connectivity index (χ0) is 20.2. The minimum atomic E-state index is -0.329. The van der Waals surface area contributed by atoms with Crippen molar-refractivity contribution in [1.82, 2.24) is 24.6 Å². The number of nitrogens with one attached hydrogen (secondary N) is 1. The normalized spacial score (nSPS) is 11.3. The van der Waals surface area contributed by atoms with Gasteiger partial charge >= 0.3 is 0 Å². The standard InChI is InChI=1S/C21H21FN6/c1-10(2)11(3)12(4)19-20(22)13(5)18(14-6-25-27-21(14)19)15-8-28-9-16(23)26-17(28)7-24-15/h6-9H,4,23H2,1-3,5H3,(H,25,27). The highest BCUT2D eigenvalue weighted by Gasteiger charge is 2.23. The van der Waals surface area contributed by atoms with Gasteiger partial charge in [0, 0.05) is 22.7 Å². The summed E-state index contributed by atoms with van der Waals surface area (Å²) in [5, 5.41) is 7.90. The van der Waals surface area contributed by atoms with Crippen LogP contribution in [0.5, 0.6) is 0 Å². The van der Waals surface area contributed by atoms with Crippen LogP contribution in [0.4, 0.5) is 10.2 Å². The topological polar surface area (TPSA) is 84.9 Å². The predicted molar refractivity (Wildman–Crippen MR) is 110 cm³/mol. The molecule has 7 heteroatoms. The van der Waals surface area contributed by atoms with Crippen molar-refractivity contribution >= 4 is 27.9 Å². The van der Waals surface area contributed by atoms with Gasteiger partial charge in [-0.15, -0.1) is 0 Å². The molecule has 6 nitrogen and oxygen atoms in total. The predicted octanol–water partition coefficient (Wildman–Crippen LogP) is 4.67. The summed E-state index contributed by atoms with van der Waals surface area (Å²) in [6.07, 6.45) is 6.81. The summed E-state index contributed by atoms with van der Waals surface area (Å²) in [7, 11) is 0. The molecule has 0 aliphatic carbocycles.